The second-order valence-corrected chi connectivity index (χ2v) is 5.19. The molecule has 0 atom stereocenters. The number of nitro benzene ring substituents is 1. The molecule has 0 aliphatic rings. The van der Waals surface area contributed by atoms with Crippen LogP contribution < -0.4 is 0 Å². The van der Waals surface area contributed by atoms with Crippen LogP contribution in [0.4, 0.5) is 5.69 Å². The number of nitro groups is 1. The minimum Gasteiger partial charge on any atom is -0.298 e. The topological polar surface area (TPSA) is 78.0 Å². The van der Waals surface area contributed by atoms with Crippen LogP contribution in [0.5, 0.6) is 0 Å². The first-order valence-electron chi connectivity index (χ1n) is 6.64. The van der Waals surface area contributed by atoms with Gasteiger partial charge in [0.25, 0.3) is 5.69 Å². The van der Waals surface area contributed by atoms with Gasteiger partial charge in [0, 0.05) is 17.3 Å². The molecule has 2 aromatic carbocycles. The molecule has 0 radical (unpaired) electrons. The Morgan fingerprint density at radius 1 is 1.17 bits per heavy atom. The Bertz CT molecular complexity index is 905. The lowest BCUT2D eigenvalue weighted by molar-refractivity contribution is -0.384. The van der Waals surface area contributed by atoms with E-state index in [2.05, 4.69) is 5.10 Å². The van der Waals surface area contributed by atoms with Gasteiger partial charge < -0.3 is 0 Å². The lowest BCUT2D eigenvalue weighted by Crippen LogP contribution is -1.96. The van der Waals surface area contributed by atoms with Crippen LogP contribution in [-0.4, -0.2) is 21.0 Å². The Labute approximate surface area is 136 Å². The van der Waals surface area contributed by atoms with E-state index in [1.807, 2.05) is 0 Å². The summed E-state index contributed by atoms with van der Waals surface area (Å²) in [5.41, 5.74) is 1.37. The van der Waals surface area contributed by atoms with Crippen molar-refractivity contribution in [2.75, 3.05) is 0 Å². The molecule has 0 aliphatic heterocycles. The Hall–Kier alpha value is -2.99. The molecule has 3 rings (SSSR count). The maximum absolute atomic E-state index is 11.3. The quantitative estimate of drug-likeness (QED) is 0.413. The largest absolute Gasteiger partial charge is 0.298 e. The van der Waals surface area contributed by atoms with Crippen molar-refractivity contribution in [3.63, 3.8) is 0 Å². The zero-order valence-corrected chi connectivity index (χ0v) is 12.5. The summed E-state index contributed by atoms with van der Waals surface area (Å²) in [5.74, 6) is 0. The summed E-state index contributed by atoms with van der Waals surface area (Å²) in [7, 11) is 0. The molecule has 0 N–H and O–H groups in total. The summed E-state index contributed by atoms with van der Waals surface area (Å²) in [6.45, 7) is 0. The fraction of sp³-hybridized carbons (Fsp3) is 0. The van der Waals surface area contributed by atoms with Crippen LogP contribution in [0.2, 0.25) is 5.02 Å². The van der Waals surface area contributed by atoms with Crippen LogP contribution in [0.1, 0.15) is 10.4 Å². The van der Waals surface area contributed by atoms with E-state index >= 15 is 0 Å². The van der Waals surface area contributed by atoms with Crippen molar-refractivity contribution in [1.82, 2.24) is 9.78 Å². The van der Waals surface area contributed by atoms with Gasteiger partial charge in [0.15, 0.2) is 6.29 Å². The maximum Gasteiger partial charge on any atom is 0.278 e. The first-order valence-corrected chi connectivity index (χ1v) is 7.02. The normalized spacial score (nSPS) is 10.5. The Morgan fingerprint density at radius 2 is 1.96 bits per heavy atom. The van der Waals surface area contributed by atoms with E-state index in [-0.39, 0.29) is 16.9 Å². The molecule has 7 heteroatoms. The maximum atomic E-state index is 11.3. The highest BCUT2D eigenvalue weighted by molar-refractivity contribution is 6.30. The predicted octanol–water partition coefficient (Wildman–Crippen LogP) is 3.91. The Morgan fingerprint density at radius 3 is 2.65 bits per heavy atom. The van der Waals surface area contributed by atoms with Crippen molar-refractivity contribution in [2.45, 2.75) is 0 Å². The zero-order chi connectivity index (χ0) is 16.4. The van der Waals surface area contributed by atoms with Gasteiger partial charge in [0.2, 0.25) is 0 Å². The van der Waals surface area contributed by atoms with Gasteiger partial charge in [-0.05, 0) is 24.3 Å². The molecular formula is C16H10ClN3O3. The van der Waals surface area contributed by atoms with Crippen molar-refractivity contribution in [2.24, 2.45) is 0 Å². The number of hydrogen-bond acceptors (Lipinski definition) is 4. The van der Waals surface area contributed by atoms with Crippen molar-refractivity contribution < 1.29 is 9.72 Å². The number of carbonyl (C=O) groups is 1. The number of halogens is 1. The molecule has 0 saturated heterocycles. The van der Waals surface area contributed by atoms with Gasteiger partial charge in [-0.25, -0.2) is 4.68 Å². The summed E-state index contributed by atoms with van der Waals surface area (Å²) < 4.78 is 1.47. The molecule has 0 aliphatic carbocycles. The fourth-order valence-electron chi connectivity index (χ4n) is 2.27. The number of carbonyl (C=O) groups excluding carboxylic acids is 1. The second kappa shape index (κ2) is 6.02. The fourth-order valence-corrected chi connectivity index (χ4v) is 2.45. The molecule has 0 spiro atoms. The minimum absolute atomic E-state index is 0.105. The smallest absolute Gasteiger partial charge is 0.278 e. The molecule has 1 heterocycles. The van der Waals surface area contributed by atoms with Crippen molar-refractivity contribution in [3.8, 4) is 16.9 Å². The lowest BCUT2D eigenvalue weighted by Gasteiger charge is -2.02. The highest BCUT2D eigenvalue weighted by Gasteiger charge is 2.20. The van der Waals surface area contributed by atoms with Gasteiger partial charge >= 0.3 is 0 Å². The first-order chi connectivity index (χ1) is 11.1. The van der Waals surface area contributed by atoms with Gasteiger partial charge in [0.05, 0.1) is 21.7 Å². The summed E-state index contributed by atoms with van der Waals surface area (Å²) in [5, 5.41) is 16.0. The molecule has 0 unspecified atom stereocenters. The summed E-state index contributed by atoms with van der Waals surface area (Å²) >= 11 is 5.96. The molecule has 6 nitrogen and oxygen atoms in total. The zero-order valence-electron chi connectivity index (χ0n) is 11.7. The van der Waals surface area contributed by atoms with E-state index in [0.29, 0.717) is 22.6 Å². The molecule has 0 fully saturated rings. The highest BCUT2D eigenvalue weighted by Crippen LogP contribution is 2.31. The minimum atomic E-state index is -0.498. The van der Waals surface area contributed by atoms with Crippen molar-refractivity contribution in [3.05, 3.63) is 75.4 Å². The third kappa shape index (κ3) is 2.84. The standard InChI is InChI=1S/C16H10ClN3O3/c17-12-4-3-5-13(8-12)19-9-11(10-21)16(18-19)14-6-1-2-7-15(14)20(22)23/h1-10H. The number of para-hydroxylation sites is 1. The average molecular weight is 328 g/mol. The molecule has 3 aromatic rings. The molecule has 0 bridgehead atoms. The third-order valence-corrected chi connectivity index (χ3v) is 3.53. The van der Waals surface area contributed by atoms with Crippen molar-refractivity contribution in [1.29, 1.82) is 0 Å². The molecular weight excluding hydrogens is 318 g/mol. The average Bonchev–Trinajstić information content (AvgIpc) is 2.99. The number of rotatable bonds is 4. The van der Waals surface area contributed by atoms with Crippen LogP contribution in [0, 0.1) is 10.1 Å². The third-order valence-electron chi connectivity index (χ3n) is 3.30. The van der Waals surface area contributed by atoms with E-state index in [1.165, 1.54) is 16.9 Å². The van der Waals surface area contributed by atoms with Gasteiger partial charge in [0.1, 0.15) is 5.69 Å². The molecule has 0 saturated carbocycles. The van der Waals surface area contributed by atoms with Crippen LogP contribution in [0.3, 0.4) is 0 Å². The van der Waals surface area contributed by atoms with Crippen LogP contribution in [0.25, 0.3) is 16.9 Å². The number of hydrogen-bond donors (Lipinski definition) is 0. The van der Waals surface area contributed by atoms with E-state index < -0.39 is 4.92 Å². The van der Waals surface area contributed by atoms with E-state index in [1.54, 1.807) is 42.5 Å². The van der Waals surface area contributed by atoms with Gasteiger partial charge in [-0.2, -0.15) is 5.10 Å². The SMILES string of the molecule is O=Cc1cn(-c2cccc(Cl)c2)nc1-c1ccccc1[N+](=O)[O-]. The van der Waals surface area contributed by atoms with E-state index in [4.69, 9.17) is 11.6 Å². The number of aromatic nitrogens is 2. The molecule has 114 valence electrons. The van der Waals surface area contributed by atoms with Gasteiger partial charge in [-0.1, -0.05) is 29.8 Å². The number of benzene rings is 2. The first kappa shape index (κ1) is 14.9. The van der Waals surface area contributed by atoms with Crippen LogP contribution in [0.15, 0.2) is 54.7 Å². The lowest BCUT2D eigenvalue weighted by atomic mass is 10.1. The van der Waals surface area contributed by atoms with Gasteiger partial charge in [-0.15, -0.1) is 0 Å². The Kier molecular flexibility index (Phi) is 3.91. The number of nitrogens with zero attached hydrogens (tertiary/aromatic N) is 3. The van der Waals surface area contributed by atoms with E-state index in [0.717, 1.165) is 0 Å². The van der Waals surface area contributed by atoms with E-state index in [9.17, 15) is 14.9 Å². The second-order valence-electron chi connectivity index (χ2n) is 4.75. The summed E-state index contributed by atoms with van der Waals surface area (Å²) in [6.07, 6.45) is 2.14. The van der Waals surface area contributed by atoms with Crippen LogP contribution >= 0.6 is 11.6 Å². The van der Waals surface area contributed by atoms with Gasteiger partial charge in [-0.3, -0.25) is 14.9 Å². The predicted molar refractivity (Wildman–Crippen MR) is 86.1 cm³/mol. The molecule has 0 amide bonds. The summed E-state index contributed by atoms with van der Waals surface area (Å²) in [6, 6.07) is 13.1. The van der Waals surface area contributed by atoms with Crippen molar-refractivity contribution >= 4 is 23.6 Å². The van der Waals surface area contributed by atoms with Crippen LogP contribution in [-0.2, 0) is 0 Å². The summed E-state index contributed by atoms with van der Waals surface area (Å²) in [4.78, 5) is 22.0. The highest BCUT2D eigenvalue weighted by atomic mass is 35.5. The molecule has 23 heavy (non-hydrogen) atoms. The monoisotopic (exact) mass is 327 g/mol. The molecule has 1 aromatic heterocycles. The number of aldehydes is 1. The Balaban J connectivity index is 2.18.